The fraction of sp³-hybridized carbons (Fsp3) is 0.273. The zero-order chi connectivity index (χ0) is 24.1. The van der Waals surface area contributed by atoms with Gasteiger partial charge in [-0.3, -0.25) is 5.73 Å². The molecule has 3 heterocycles. The van der Waals surface area contributed by atoms with Crippen molar-refractivity contribution in [3.05, 3.63) is 63.9 Å². The number of nitrogens with two attached hydrogens (primary N) is 1. The molecule has 1 unspecified atom stereocenters. The molecule has 2 aliphatic heterocycles. The second-order valence-corrected chi connectivity index (χ2v) is 12.1. The summed E-state index contributed by atoms with van der Waals surface area (Å²) in [6, 6.07) is 11.9. The van der Waals surface area contributed by atoms with Crippen molar-refractivity contribution >= 4 is 62.2 Å². The minimum atomic E-state index is -3.48. The van der Waals surface area contributed by atoms with E-state index in [1.807, 2.05) is 0 Å². The van der Waals surface area contributed by atoms with Crippen LogP contribution in [0.2, 0.25) is 10.0 Å². The second kappa shape index (κ2) is 8.85. The van der Waals surface area contributed by atoms with Crippen LogP contribution in [0.3, 0.4) is 0 Å². The van der Waals surface area contributed by atoms with Gasteiger partial charge in [-0.1, -0.05) is 41.0 Å². The van der Waals surface area contributed by atoms with Crippen molar-refractivity contribution in [2.75, 3.05) is 23.7 Å². The van der Waals surface area contributed by atoms with Gasteiger partial charge in [0.15, 0.2) is 10.8 Å². The number of anilines is 3. The predicted molar refractivity (Wildman–Crippen MR) is 136 cm³/mol. The topological polar surface area (TPSA) is 113 Å². The number of nitrogens with one attached hydrogen (secondary N) is 2. The normalized spacial score (nSPS) is 20.2. The molecule has 1 fully saturated rings. The fourth-order valence-corrected chi connectivity index (χ4v) is 7.61. The molecule has 0 bridgehead atoms. The van der Waals surface area contributed by atoms with Gasteiger partial charge in [-0.05, 0) is 56.2 Å². The molecule has 4 N–H and O–H groups in total. The summed E-state index contributed by atoms with van der Waals surface area (Å²) in [4.78, 5) is 8.19. The molecule has 0 saturated carbocycles. The minimum absolute atomic E-state index is 0.270. The highest BCUT2D eigenvalue weighted by atomic mass is 35.5. The SMILES string of the molecule is Cc1nc(Nc2ccc(S(=O)(=O)N3CCCC3)cc2)c2c(n1)SC(N)(c1c(Cl)cccc1Cl)N2. The Morgan fingerprint density at radius 1 is 1.09 bits per heavy atom. The molecule has 2 aromatic carbocycles. The number of nitrogens with zero attached hydrogens (tertiary/aromatic N) is 3. The van der Waals surface area contributed by atoms with E-state index in [4.69, 9.17) is 28.9 Å². The number of hydrogen-bond donors (Lipinski definition) is 3. The Kier molecular flexibility index (Phi) is 6.16. The van der Waals surface area contributed by atoms with E-state index in [0.717, 1.165) is 12.8 Å². The van der Waals surface area contributed by atoms with Gasteiger partial charge in [0, 0.05) is 34.4 Å². The fourth-order valence-electron chi connectivity index (χ4n) is 4.08. The number of sulfonamides is 1. The van der Waals surface area contributed by atoms with E-state index in [-0.39, 0.29) is 4.90 Å². The smallest absolute Gasteiger partial charge is 0.243 e. The summed E-state index contributed by atoms with van der Waals surface area (Å²) < 4.78 is 27.1. The highest BCUT2D eigenvalue weighted by Crippen LogP contribution is 2.52. The maximum atomic E-state index is 12.8. The lowest BCUT2D eigenvalue weighted by atomic mass is 10.1. The lowest BCUT2D eigenvalue weighted by Gasteiger charge is -2.26. The van der Waals surface area contributed by atoms with Crippen LogP contribution in [0.4, 0.5) is 17.2 Å². The Morgan fingerprint density at radius 2 is 1.74 bits per heavy atom. The maximum absolute atomic E-state index is 12.8. The molecule has 1 saturated heterocycles. The number of halogens is 2. The lowest BCUT2D eigenvalue weighted by molar-refractivity contribution is 0.477. The van der Waals surface area contributed by atoms with Crippen molar-refractivity contribution in [2.45, 2.75) is 34.7 Å². The standard InChI is InChI=1S/C22H22Cl2N6O2S2/c1-13-26-20(28-14-7-9-15(10-8-14)34(31,32)30-11-2-3-12-30)19-21(27-13)33-22(25,29-19)18-16(23)5-4-6-17(18)24/h4-10,29H,2-3,11-12,25H2,1H3,(H,26,27,28). The number of rotatable bonds is 5. The largest absolute Gasteiger partial charge is 0.350 e. The second-order valence-electron chi connectivity index (χ2n) is 8.12. The molecule has 8 nitrogen and oxygen atoms in total. The van der Waals surface area contributed by atoms with Crippen molar-refractivity contribution in [1.82, 2.24) is 14.3 Å². The molecule has 1 atom stereocenters. The number of thioether (sulfide) groups is 1. The highest BCUT2D eigenvalue weighted by Gasteiger charge is 2.41. The third kappa shape index (κ3) is 4.23. The predicted octanol–water partition coefficient (Wildman–Crippen LogP) is 4.91. The molecule has 178 valence electrons. The molecule has 0 aliphatic carbocycles. The van der Waals surface area contributed by atoms with Gasteiger partial charge in [-0.25, -0.2) is 18.4 Å². The maximum Gasteiger partial charge on any atom is 0.243 e. The van der Waals surface area contributed by atoms with E-state index < -0.39 is 15.0 Å². The van der Waals surface area contributed by atoms with Crippen LogP contribution in [0, 0.1) is 6.92 Å². The van der Waals surface area contributed by atoms with Crippen LogP contribution in [-0.2, 0) is 15.0 Å². The Bertz CT molecular complexity index is 1340. The summed E-state index contributed by atoms with van der Waals surface area (Å²) in [5, 5.41) is 8.07. The quantitative estimate of drug-likeness (QED) is 0.394. The summed E-state index contributed by atoms with van der Waals surface area (Å²) >= 11 is 14.1. The van der Waals surface area contributed by atoms with E-state index in [1.165, 1.54) is 16.1 Å². The highest BCUT2D eigenvalue weighted by molar-refractivity contribution is 8.00. The van der Waals surface area contributed by atoms with Crippen LogP contribution in [0.1, 0.15) is 24.2 Å². The summed E-state index contributed by atoms with van der Waals surface area (Å²) in [6.45, 7) is 2.92. The Hall–Kier alpha value is -2.08. The van der Waals surface area contributed by atoms with E-state index in [0.29, 0.717) is 56.7 Å². The van der Waals surface area contributed by atoms with Gasteiger partial charge >= 0.3 is 0 Å². The van der Waals surface area contributed by atoms with Gasteiger partial charge in [-0.15, -0.1) is 0 Å². The van der Waals surface area contributed by atoms with Crippen LogP contribution in [0.25, 0.3) is 0 Å². The molecule has 2 aliphatic rings. The zero-order valence-corrected chi connectivity index (χ0v) is 21.3. The molecule has 3 aromatic rings. The van der Waals surface area contributed by atoms with Crippen molar-refractivity contribution < 1.29 is 8.42 Å². The number of aromatic nitrogens is 2. The van der Waals surface area contributed by atoms with Crippen molar-refractivity contribution in [1.29, 1.82) is 0 Å². The van der Waals surface area contributed by atoms with E-state index in [2.05, 4.69) is 20.6 Å². The third-order valence-electron chi connectivity index (χ3n) is 5.71. The molecule has 1 aromatic heterocycles. The van der Waals surface area contributed by atoms with E-state index in [9.17, 15) is 8.42 Å². The van der Waals surface area contributed by atoms with Crippen LogP contribution >= 0.6 is 35.0 Å². The summed E-state index contributed by atoms with van der Waals surface area (Å²) in [6.07, 6.45) is 1.79. The van der Waals surface area contributed by atoms with E-state index >= 15 is 0 Å². The number of benzene rings is 2. The monoisotopic (exact) mass is 536 g/mol. The first-order valence-corrected chi connectivity index (χ1v) is 13.6. The number of hydrogen-bond acceptors (Lipinski definition) is 8. The van der Waals surface area contributed by atoms with Gasteiger partial charge < -0.3 is 10.6 Å². The van der Waals surface area contributed by atoms with E-state index in [1.54, 1.807) is 49.4 Å². The molecule has 0 spiro atoms. The average molecular weight is 537 g/mol. The molecule has 0 amide bonds. The Balaban J connectivity index is 1.43. The van der Waals surface area contributed by atoms with Gasteiger partial charge in [-0.2, -0.15) is 4.31 Å². The van der Waals surface area contributed by atoms with Gasteiger partial charge in [0.1, 0.15) is 16.5 Å². The first-order valence-electron chi connectivity index (χ1n) is 10.6. The molecule has 5 rings (SSSR count). The summed E-state index contributed by atoms with van der Waals surface area (Å²) in [5.74, 6) is 1.07. The molecule has 12 heteroatoms. The summed E-state index contributed by atoms with van der Waals surface area (Å²) in [5.41, 5.74) is 8.54. The number of aryl methyl sites for hydroxylation is 1. The van der Waals surface area contributed by atoms with Gasteiger partial charge in [0.25, 0.3) is 0 Å². The van der Waals surface area contributed by atoms with Crippen molar-refractivity contribution in [3.8, 4) is 0 Å². The van der Waals surface area contributed by atoms with Crippen molar-refractivity contribution in [3.63, 3.8) is 0 Å². The van der Waals surface area contributed by atoms with Crippen LogP contribution in [0.5, 0.6) is 0 Å². The third-order valence-corrected chi connectivity index (χ3v) is 9.37. The first-order chi connectivity index (χ1) is 16.2. The van der Waals surface area contributed by atoms with Gasteiger partial charge in [0.2, 0.25) is 10.0 Å². The lowest BCUT2D eigenvalue weighted by Crippen LogP contribution is -2.39. The summed E-state index contributed by atoms with van der Waals surface area (Å²) in [7, 11) is -3.48. The Labute approximate surface area is 212 Å². The van der Waals surface area contributed by atoms with Crippen LogP contribution in [0.15, 0.2) is 52.4 Å². The van der Waals surface area contributed by atoms with Crippen LogP contribution < -0.4 is 16.4 Å². The van der Waals surface area contributed by atoms with Gasteiger partial charge in [0.05, 0.1) is 4.90 Å². The minimum Gasteiger partial charge on any atom is -0.350 e. The molecule has 0 radical (unpaired) electrons. The first kappa shape index (κ1) is 23.7. The number of fused-ring (bicyclic) bond motifs is 1. The Morgan fingerprint density at radius 3 is 2.38 bits per heavy atom. The van der Waals surface area contributed by atoms with Crippen molar-refractivity contribution in [2.24, 2.45) is 5.73 Å². The average Bonchev–Trinajstić information content (AvgIpc) is 3.43. The van der Waals surface area contributed by atoms with Crippen LogP contribution in [-0.4, -0.2) is 35.8 Å². The molecular weight excluding hydrogens is 515 g/mol. The zero-order valence-electron chi connectivity index (χ0n) is 18.2. The molecule has 34 heavy (non-hydrogen) atoms. The molecular formula is C22H22Cl2N6O2S2.